The third kappa shape index (κ3) is 4.02. The van der Waals surface area contributed by atoms with E-state index in [4.69, 9.17) is 10.5 Å². The van der Waals surface area contributed by atoms with Gasteiger partial charge in [-0.05, 0) is 42.5 Å². The van der Waals surface area contributed by atoms with Gasteiger partial charge in [-0.3, -0.25) is 9.59 Å². The van der Waals surface area contributed by atoms with Gasteiger partial charge in [0.25, 0.3) is 11.8 Å². The van der Waals surface area contributed by atoms with Crippen LogP contribution in [0.5, 0.6) is 5.75 Å². The molecule has 0 atom stereocenters. The van der Waals surface area contributed by atoms with Crippen LogP contribution in [0.1, 0.15) is 10.4 Å². The summed E-state index contributed by atoms with van der Waals surface area (Å²) in [6.07, 6.45) is 0. The number of amides is 2. The van der Waals surface area contributed by atoms with Crippen molar-refractivity contribution in [2.45, 2.75) is 0 Å². The summed E-state index contributed by atoms with van der Waals surface area (Å²) < 4.78 is 31.6. The summed E-state index contributed by atoms with van der Waals surface area (Å²) in [4.78, 5) is 22.5. The summed E-state index contributed by atoms with van der Waals surface area (Å²) in [6, 6.07) is 8.61. The van der Waals surface area contributed by atoms with Gasteiger partial charge in [0.2, 0.25) is 0 Å². The SMILES string of the molecule is NC(=O)COc1ccc(NC(=O)c2cc(F)ccc2F)cc1. The van der Waals surface area contributed by atoms with Crippen molar-refractivity contribution in [1.29, 1.82) is 0 Å². The first-order valence-corrected chi connectivity index (χ1v) is 6.23. The van der Waals surface area contributed by atoms with Crippen molar-refractivity contribution in [3.05, 3.63) is 59.7 Å². The second-order valence-electron chi connectivity index (χ2n) is 4.36. The highest BCUT2D eigenvalue weighted by Crippen LogP contribution is 2.17. The van der Waals surface area contributed by atoms with Gasteiger partial charge in [0.15, 0.2) is 6.61 Å². The van der Waals surface area contributed by atoms with Crippen LogP contribution in [0, 0.1) is 11.6 Å². The van der Waals surface area contributed by atoms with Crippen LogP contribution in [-0.4, -0.2) is 18.4 Å². The van der Waals surface area contributed by atoms with Crippen LogP contribution in [0.25, 0.3) is 0 Å². The van der Waals surface area contributed by atoms with E-state index in [0.717, 1.165) is 18.2 Å². The number of halogens is 2. The van der Waals surface area contributed by atoms with Gasteiger partial charge in [-0.1, -0.05) is 0 Å². The van der Waals surface area contributed by atoms with Crippen LogP contribution in [0.2, 0.25) is 0 Å². The standard InChI is InChI=1S/C15H12F2N2O3/c16-9-1-6-13(17)12(7-9)15(21)19-10-2-4-11(5-3-10)22-8-14(18)20/h1-7H,8H2,(H2,18,20)(H,19,21). The number of hydrogen-bond acceptors (Lipinski definition) is 3. The number of hydrogen-bond donors (Lipinski definition) is 2. The fourth-order valence-electron chi connectivity index (χ4n) is 1.66. The Labute approximate surface area is 124 Å². The maximum atomic E-state index is 13.5. The molecular weight excluding hydrogens is 294 g/mol. The molecule has 2 aromatic carbocycles. The molecule has 0 aliphatic heterocycles. The van der Waals surface area contributed by atoms with Gasteiger partial charge in [-0.15, -0.1) is 0 Å². The number of anilines is 1. The van der Waals surface area contributed by atoms with Gasteiger partial charge < -0.3 is 15.8 Å². The van der Waals surface area contributed by atoms with Crippen molar-refractivity contribution in [3.63, 3.8) is 0 Å². The molecule has 0 saturated carbocycles. The second kappa shape index (κ2) is 6.66. The summed E-state index contributed by atoms with van der Waals surface area (Å²) >= 11 is 0. The van der Waals surface area contributed by atoms with E-state index in [9.17, 15) is 18.4 Å². The molecule has 0 unspecified atom stereocenters. The molecular formula is C15H12F2N2O3. The molecule has 2 aromatic rings. The van der Waals surface area contributed by atoms with E-state index in [1.807, 2.05) is 0 Å². The van der Waals surface area contributed by atoms with Crippen LogP contribution in [0.15, 0.2) is 42.5 Å². The van der Waals surface area contributed by atoms with E-state index in [1.165, 1.54) is 24.3 Å². The highest BCUT2D eigenvalue weighted by molar-refractivity contribution is 6.04. The van der Waals surface area contributed by atoms with Crippen molar-refractivity contribution in [3.8, 4) is 5.75 Å². The Morgan fingerprint density at radius 2 is 1.77 bits per heavy atom. The highest BCUT2D eigenvalue weighted by atomic mass is 19.1. The molecule has 114 valence electrons. The molecule has 2 rings (SSSR count). The lowest BCUT2D eigenvalue weighted by Gasteiger charge is -2.08. The molecule has 5 nitrogen and oxygen atoms in total. The second-order valence-corrected chi connectivity index (χ2v) is 4.36. The quantitative estimate of drug-likeness (QED) is 0.887. The van der Waals surface area contributed by atoms with Crippen molar-refractivity contribution in [2.75, 3.05) is 11.9 Å². The largest absolute Gasteiger partial charge is 0.484 e. The summed E-state index contributed by atoms with van der Waals surface area (Å²) in [6.45, 7) is -0.264. The molecule has 0 aromatic heterocycles. The molecule has 3 N–H and O–H groups in total. The molecule has 0 fully saturated rings. The first kappa shape index (κ1) is 15.4. The molecule has 0 spiro atoms. The minimum absolute atomic E-state index is 0.264. The lowest BCUT2D eigenvalue weighted by Crippen LogP contribution is -2.20. The molecule has 0 bridgehead atoms. The predicted octanol–water partition coefficient (Wildman–Crippen LogP) is 2.08. The van der Waals surface area contributed by atoms with Crippen LogP contribution in [0.3, 0.4) is 0 Å². The number of nitrogens with one attached hydrogen (secondary N) is 1. The van der Waals surface area contributed by atoms with Gasteiger partial charge in [0.1, 0.15) is 17.4 Å². The molecule has 7 heteroatoms. The fourth-order valence-corrected chi connectivity index (χ4v) is 1.66. The summed E-state index contributed by atoms with van der Waals surface area (Å²) in [5.41, 5.74) is 4.91. The van der Waals surface area contributed by atoms with E-state index in [0.29, 0.717) is 11.4 Å². The number of carbonyl (C=O) groups is 2. The van der Waals surface area contributed by atoms with Gasteiger partial charge in [0, 0.05) is 5.69 Å². The number of carbonyl (C=O) groups excluding carboxylic acids is 2. The third-order valence-electron chi connectivity index (χ3n) is 2.67. The molecule has 22 heavy (non-hydrogen) atoms. The van der Waals surface area contributed by atoms with Crippen LogP contribution < -0.4 is 15.8 Å². The van der Waals surface area contributed by atoms with Gasteiger partial charge in [0.05, 0.1) is 5.56 Å². The molecule has 0 heterocycles. The van der Waals surface area contributed by atoms with E-state index in [2.05, 4.69) is 5.32 Å². The number of ether oxygens (including phenoxy) is 1. The Morgan fingerprint density at radius 3 is 2.41 bits per heavy atom. The molecule has 0 saturated heterocycles. The van der Waals surface area contributed by atoms with E-state index in [1.54, 1.807) is 0 Å². The number of primary amides is 1. The van der Waals surface area contributed by atoms with Crippen LogP contribution >= 0.6 is 0 Å². The lowest BCUT2D eigenvalue weighted by molar-refractivity contribution is -0.119. The normalized spacial score (nSPS) is 10.1. The Kier molecular flexibility index (Phi) is 4.67. The Balaban J connectivity index is 2.05. The number of nitrogens with two attached hydrogens (primary N) is 1. The molecule has 2 amide bonds. The first-order chi connectivity index (χ1) is 10.5. The number of rotatable bonds is 5. The Morgan fingerprint density at radius 1 is 1.09 bits per heavy atom. The molecule has 0 radical (unpaired) electrons. The van der Waals surface area contributed by atoms with Gasteiger partial charge in [-0.2, -0.15) is 0 Å². The fraction of sp³-hybridized carbons (Fsp3) is 0.0667. The van der Waals surface area contributed by atoms with Crippen molar-refractivity contribution in [1.82, 2.24) is 0 Å². The number of benzene rings is 2. The zero-order valence-electron chi connectivity index (χ0n) is 11.3. The Hall–Kier alpha value is -2.96. The highest BCUT2D eigenvalue weighted by Gasteiger charge is 2.13. The zero-order chi connectivity index (χ0) is 16.1. The van der Waals surface area contributed by atoms with Crippen molar-refractivity contribution in [2.24, 2.45) is 5.73 Å². The summed E-state index contributed by atoms with van der Waals surface area (Å²) in [5, 5.41) is 2.43. The maximum Gasteiger partial charge on any atom is 0.258 e. The van der Waals surface area contributed by atoms with E-state index in [-0.39, 0.29) is 6.61 Å². The van der Waals surface area contributed by atoms with Gasteiger partial charge in [-0.25, -0.2) is 8.78 Å². The topological polar surface area (TPSA) is 81.4 Å². The zero-order valence-corrected chi connectivity index (χ0v) is 11.3. The maximum absolute atomic E-state index is 13.5. The van der Waals surface area contributed by atoms with Crippen LogP contribution in [0.4, 0.5) is 14.5 Å². The Bertz CT molecular complexity index is 702. The lowest BCUT2D eigenvalue weighted by atomic mass is 10.2. The third-order valence-corrected chi connectivity index (χ3v) is 2.67. The average Bonchev–Trinajstić information content (AvgIpc) is 2.49. The minimum atomic E-state index is -0.819. The molecule has 0 aliphatic rings. The minimum Gasteiger partial charge on any atom is -0.484 e. The monoisotopic (exact) mass is 306 g/mol. The summed E-state index contributed by atoms with van der Waals surface area (Å²) in [5.74, 6) is -2.53. The van der Waals surface area contributed by atoms with Crippen molar-refractivity contribution < 1.29 is 23.1 Å². The van der Waals surface area contributed by atoms with E-state index < -0.39 is 29.0 Å². The van der Waals surface area contributed by atoms with Crippen LogP contribution in [-0.2, 0) is 4.79 Å². The van der Waals surface area contributed by atoms with Crippen molar-refractivity contribution >= 4 is 17.5 Å². The predicted molar refractivity (Wildman–Crippen MR) is 75.4 cm³/mol. The molecule has 0 aliphatic carbocycles. The first-order valence-electron chi connectivity index (χ1n) is 6.23. The smallest absolute Gasteiger partial charge is 0.258 e. The van der Waals surface area contributed by atoms with E-state index >= 15 is 0 Å². The van der Waals surface area contributed by atoms with Gasteiger partial charge >= 0.3 is 0 Å². The summed E-state index contributed by atoms with van der Waals surface area (Å²) in [7, 11) is 0. The average molecular weight is 306 g/mol.